The van der Waals surface area contributed by atoms with Gasteiger partial charge in [-0.15, -0.1) is 0 Å². The van der Waals surface area contributed by atoms with Crippen molar-refractivity contribution in [2.45, 2.75) is 0 Å². The van der Waals surface area contributed by atoms with Gasteiger partial charge in [-0.25, -0.2) is 0 Å². The minimum Gasteiger partial charge on any atom is -0.0616 e. The minimum atomic E-state index is -0.0458. The monoisotopic (exact) mass is 310 g/mol. The van der Waals surface area contributed by atoms with Crippen LogP contribution < -0.4 is 0 Å². The standard InChI is InChI=1S/C18H11Br/c19-15-10-9-13-6-8-14-7-5-12-3-1-2-4-16(12)18(14)17(13)11-15/h1-11H/i6D,9D,10D,11D. The quantitative estimate of drug-likeness (QED) is 0.354. The van der Waals surface area contributed by atoms with Crippen LogP contribution in [0.3, 0.4) is 0 Å². The summed E-state index contributed by atoms with van der Waals surface area (Å²) in [6.45, 7) is 0. The van der Waals surface area contributed by atoms with E-state index in [0.717, 1.165) is 21.5 Å². The highest BCUT2D eigenvalue weighted by Gasteiger charge is 2.05. The zero-order valence-corrected chi connectivity index (χ0v) is 11.5. The molecule has 0 heterocycles. The van der Waals surface area contributed by atoms with Crippen LogP contribution in [0.5, 0.6) is 0 Å². The Balaban J connectivity index is 2.44. The second-order valence-electron chi connectivity index (χ2n) is 4.48. The SMILES string of the molecule is [2H]c1c(Br)c([2H])c2c(c([2H])cc3ccc4ccccc4c32)c1[2H]. The van der Waals surface area contributed by atoms with E-state index in [-0.39, 0.29) is 24.2 Å². The minimum absolute atomic E-state index is 0.0114. The van der Waals surface area contributed by atoms with Crippen molar-refractivity contribution in [3.05, 3.63) is 71.1 Å². The summed E-state index contributed by atoms with van der Waals surface area (Å²) in [5, 5.41) is 4.72. The summed E-state index contributed by atoms with van der Waals surface area (Å²) in [5.74, 6) is 0. The van der Waals surface area contributed by atoms with E-state index >= 15 is 0 Å². The molecule has 0 saturated carbocycles. The number of benzene rings is 4. The van der Waals surface area contributed by atoms with Crippen molar-refractivity contribution < 1.29 is 5.48 Å². The van der Waals surface area contributed by atoms with Gasteiger partial charge in [-0.1, -0.05) is 70.5 Å². The normalized spacial score (nSPS) is 14.4. The predicted molar refractivity (Wildman–Crippen MR) is 86.7 cm³/mol. The van der Waals surface area contributed by atoms with Gasteiger partial charge in [0.05, 0.1) is 5.48 Å². The molecule has 0 atom stereocenters. The zero-order chi connectivity index (χ0) is 16.3. The second kappa shape index (κ2) is 4.07. The van der Waals surface area contributed by atoms with E-state index in [1.54, 1.807) is 6.07 Å². The molecule has 0 aliphatic heterocycles. The molecule has 1 heteroatoms. The molecule has 0 amide bonds. The molecule has 4 aromatic carbocycles. The van der Waals surface area contributed by atoms with Gasteiger partial charge in [0.1, 0.15) is 0 Å². The Bertz CT molecular complexity index is 1120. The van der Waals surface area contributed by atoms with Crippen molar-refractivity contribution in [1.82, 2.24) is 0 Å². The summed E-state index contributed by atoms with van der Waals surface area (Å²) < 4.78 is 33.2. The van der Waals surface area contributed by atoms with Crippen LogP contribution in [0, 0.1) is 0 Å². The molecule has 0 N–H and O–H groups in total. The van der Waals surface area contributed by atoms with Gasteiger partial charge in [0, 0.05) is 4.47 Å². The Hall–Kier alpha value is -1.86. The number of hydrogen-bond donors (Lipinski definition) is 0. The van der Waals surface area contributed by atoms with Crippen LogP contribution in [0.15, 0.2) is 71.1 Å². The van der Waals surface area contributed by atoms with Crippen molar-refractivity contribution >= 4 is 48.2 Å². The predicted octanol–water partition coefficient (Wildman–Crippen LogP) is 5.91. The first-order valence-corrected chi connectivity index (χ1v) is 6.80. The molecule has 0 saturated heterocycles. The molecule has 4 aromatic rings. The third-order valence-electron chi connectivity index (χ3n) is 3.37. The highest BCUT2D eigenvalue weighted by Crippen LogP contribution is 2.33. The smallest absolute Gasteiger partial charge is 0.0616 e. The molecule has 0 spiro atoms. The highest BCUT2D eigenvalue weighted by molar-refractivity contribution is 9.10. The highest BCUT2D eigenvalue weighted by atomic mass is 79.9. The lowest BCUT2D eigenvalue weighted by molar-refractivity contribution is 1.73. The number of halogens is 1. The van der Waals surface area contributed by atoms with Crippen LogP contribution in [0.4, 0.5) is 0 Å². The van der Waals surface area contributed by atoms with Crippen LogP contribution in [-0.4, -0.2) is 0 Å². The Labute approximate surface area is 125 Å². The van der Waals surface area contributed by atoms with Gasteiger partial charge in [0.2, 0.25) is 0 Å². The molecule has 90 valence electrons. The molecule has 0 aliphatic carbocycles. The molecular weight excluding hydrogens is 296 g/mol. The average molecular weight is 311 g/mol. The fourth-order valence-corrected chi connectivity index (χ4v) is 2.81. The largest absolute Gasteiger partial charge is 0.0641 e. The Morgan fingerprint density at radius 3 is 2.53 bits per heavy atom. The first-order chi connectivity index (χ1) is 11.0. The third-order valence-corrected chi connectivity index (χ3v) is 3.76. The molecule has 0 unspecified atom stereocenters. The molecule has 0 radical (unpaired) electrons. The van der Waals surface area contributed by atoms with Crippen LogP contribution >= 0.6 is 15.9 Å². The summed E-state index contributed by atoms with van der Waals surface area (Å²) >= 11 is 3.27. The van der Waals surface area contributed by atoms with Crippen molar-refractivity contribution in [3.63, 3.8) is 0 Å². The van der Waals surface area contributed by atoms with Gasteiger partial charge < -0.3 is 0 Å². The summed E-state index contributed by atoms with van der Waals surface area (Å²) in [6, 6.07) is 13.9. The van der Waals surface area contributed by atoms with Crippen LogP contribution in [0.2, 0.25) is 0 Å². The lowest BCUT2D eigenvalue weighted by Crippen LogP contribution is -1.81. The van der Waals surface area contributed by atoms with Crippen molar-refractivity contribution in [3.8, 4) is 0 Å². The maximum Gasteiger partial charge on any atom is 0.0641 e. The first kappa shape index (κ1) is 7.66. The summed E-state index contributed by atoms with van der Waals surface area (Å²) in [4.78, 5) is 0. The molecule has 0 nitrogen and oxygen atoms in total. The topological polar surface area (TPSA) is 0 Å². The molecule has 0 fully saturated rings. The fraction of sp³-hybridized carbons (Fsp3) is 0. The maximum atomic E-state index is 8.45. The average Bonchev–Trinajstić information content (AvgIpc) is 2.56. The molecule has 4 rings (SSSR count). The molecule has 19 heavy (non-hydrogen) atoms. The van der Waals surface area contributed by atoms with E-state index in [2.05, 4.69) is 15.9 Å². The zero-order valence-electron chi connectivity index (χ0n) is 13.9. The van der Waals surface area contributed by atoms with Crippen molar-refractivity contribution in [2.75, 3.05) is 0 Å². The number of fused-ring (bicyclic) bond motifs is 5. The van der Waals surface area contributed by atoms with Crippen LogP contribution in [0.1, 0.15) is 5.48 Å². The lowest BCUT2D eigenvalue weighted by atomic mass is 9.97. The molecule has 0 aromatic heterocycles. The summed E-state index contributed by atoms with van der Waals surface area (Å²) in [6.07, 6.45) is 0. The third kappa shape index (κ3) is 1.66. The van der Waals surface area contributed by atoms with E-state index < -0.39 is 0 Å². The van der Waals surface area contributed by atoms with Crippen LogP contribution in [0.25, 0.3) is 32.3 Å². The van der Waals surface area contributed by atoms with Gasteiger partial charge in [0.15, 0.2) is 0 Å². The van der Waals surface area contributed by atoms with Gasteiger partial charge >= 0.3 is 0 Å². The van der Waals surface area contributed by atoms with Gasteiger partial charge in [-0.3, -0.25) is 0 Å². The van der Waals surface area contributed by atoms with Gasteiger partial charge in [0.25, 0.3) is 0 Å². The van der Waals surface area contributed by atoms with E-state index in [1.165, 1.54) is 0 Å². The summed E-state index contributed by atoms with van der Waals surface area (Å²) in [5.41, 5.74) is 0. The number of rotatable bonds is 0. The second-order valence-corrected chi connectivity index (χ2v) is 5.27. The maximum absolute atomic E-state index is 8.45. The molecule has 0 aliphatic rings. The van der Waals surface area contributed by atoms with Crippen molar-refractivity contribution in [1.29, 1.82) is 0 Å². The fourth-order valence-electron chi connectivity index (χ4n) is 2.52. The summed E-state index contributed by atoms with van der Waals surface area (Å²) in [7, 11) is 0. The van der Waals surface area contributed by atoms with E-state index in [0.29, 0.717) is 15.2 Å². The van der Waals surface area contributed by atoms with Crippen molar-refractivity contribution in [2.24, 2.45) is 0 Å². The lowest BCUT2D eigenvalue weighted by Gasteiger charge is -2.08. The van der Waals surface area contributed by atoms with E-state index in [1.807, 2.05) is 36.4 Å². The number of hydrogen-bond acceptors (Lipinski definition) is 0. The van der Waals surface area contributed by atoms with Gasteiger partial charge in [-0.05, 0) is 44.4 Å². The van der Waals surface area contributed by atoms with E-state index in [4.69, 9.17) is 5.48 Å². The first-order valence-electron chi connectivity index (χ1n) is 8.00. The molecule has 0 bridgehead atoms. The van der Waals surface area contributed by atoms with E-state index in [9.17, 15) is 0 Å². The molecular formula is C18H11Br. The Kier molecular flexibility index (Phi) is 1.64. The van der Waals surface area contributed by atoms with Crippen LogP contribution in [-0.2, 0) is 0 Å². The Morgan fingerprint density at radius 1 is 0.737 bits per heavy atom. The van der Waals surface area contributed by atoms with Gasteiger partial charge in [-0.2, -0.15) is 0 Å². The Morgan fingerprint density at radius 2 is 1.58 bits per heavy atom.